The summed E-state index contributed by atoms with van der Waals surface area (Å²) in [4.78, 5) is 28.0. The van der Waals surface area contributed by atoms with Gasteiger partial charge in [0.05, 0.1) is 31.6 Å². The standard InChI is InChI=1S/C36H49NO11/c1-4-21-23(17-30(40)41)22(32(42)45-3)11-12-27(21)46-34-35(44)14-13-25-24-16-26(19(2)20-8-5-6-9-20)37-31(24)28(10-7-15-38)48-36(25,33(35)43)29(18-39)47-34/h4,11,16,19-21,23,27,29,33-34,37-39,43-44H,1,5-10,12-15,17-18H2,2-3H3,(H,40,41). The van der Waals surface area contributed by atoms with E-state index in [1.54, 1.807) is 6.08 Å². The molecule has 0 amide bonds. The van der Waals surface area contributed by atoms with Crippen LogP contribution in [0.25, 0.3) is 11.3 Å². The fourth-order valence-electron chi connectivity index (χ4n) is 9.02. The molecule has 48 heavy (non-hydrogen) atoms. The Kier molecular flexibility index (Phi) is 9.96. The van der Waals surface area contributed by atoms with Crippen LogP contribution in [0.1, 0.15) is 82.7 Å². The molecule has 3 heterocycles. The van der Waals surface area contributed by atoms with Crippen LogP contribution in [0, 0.1) is 17.8 Å². The van der Waals surface area contributed by atoms with Crippen LogP contribution in [0.4, 0.5) is 0 Å². The van der Waals surface area contributed by atoms with E-state index >= 15 is 0 Å². The topological polar surface area (TPSA) is 188 Å². The molecule has 6 N–H and O–H groups in total. The van der Waals surface area contributed by atoms with E-state index in [1.165, 1.54) is 38.9 Å². The van der Waals surface area contributed by atoms with Crippen molar-refractivity contribution in [3.8, 4) is 0 Å². The van der Waals surface area contributed by atoms with Gasteiger partial charge in [0.2, 0.25) is 0 Å². The number of H-pyrrole nitrogens is 1. The lowest BCUT2D eigenvalue weighted by atomic mass is 9.63. The highest BCUT2D eigenvalue weighted by atomic mass is 16.7. The average molecular weight is 672 g/mol. The third kappa shape index (κ3) is 5.64. The molecule has 9 unspecified atom stereocenters. The highest BCUT2D eigenvalue weighted by molar-refractivity contribution is 5.90. The van der Waals surface area contributed by atoms with E-state index in [0.717, 1.165) is 21.8 Å². The Balaban J connectivity index is 1.37. The molecule has 1 spiro atoms. The molecule has 264 valence electrons. The normalized spacial score (nSPS) is 35.2. The summed E-state index contributed by atoms with van der Waals surface area (Å²) in [5, 5.41) is 56.3. The molecular formula is C36H49NO11. The van der Waals surface area contributed by atoms with E-state index in [4.69, 9.17) is 18.9 Å². The molecule has 3 aliphatic carbocycles. The molecule has 1 aromatic rings. The molecule has 3 fully saturated rings. The van der Waals surface area contributed by atoms with Gasteiger partial charge in [-0.3, -0.25) is 4.79 Å². The van der Waals surface area contributed by atoms with Crippen LogP contribution in [0.5, 0.6) is 0 Å². The lowest BCUT2D eigenvalue weighted by Crippen LogP contribution is -2.78. The van der Waals surface area contributed by atoms with E-state index in [1.807, 2.05) is 0 Å². The molecule has 1 aromatic heterocycles. The third-order valence-corrected chi connectivity index (χ3v) is 11.6. The molecule has 0 radical (unpaired) electrons. The van der Waals surface area contributed by atoms with Crippen molar-refractivity contribution in [2.45, 2.75) is 113 Å². The summed E-state index contributed by atoms with van der Waals surface area (Å²) in [6.07, 6.45) is 3.92. The Bertz CT molecular complexity index is 1560. The number of hydrogen-bond acceptors (Lipinski definition) is 10. The van der Waals surface area contributed by atoms with Gasteiger partial charge in [-0.15, -0.1) is 6.58 Å². The fraction of sp³-hybridized carbons (Fsp3) is 0.667. The maximum atomic E-state index is 12.5. The second-order valence-corrected chi connectivity index (χ2v) is 14.1. The highest BCUT2D eigenvalue weighted by Crippen LogP contribution is 2.54. The summed E-state index contributed by atoms with van der Waals surface area (Å²) in [7, 11) is 1.23. The van der Waals surface area contributed by atoms with Crippen LogP contribution in [-0.4, -0.2) is 98.6 Å². The maximum Gasteiger partial charge on any atom is 0.333 e. The van der Waals surface area contributed by atoms with Crippen LogP contribution < -0.4 is 10.6 Å². The molecule has 12 heteroatoms. The number of carbonyl (C=O) groups is 2. The van der Waals surface area contributed by atoms with Gasteiger partial charge >= 0.3 is 11.9 Å². The number of methoxy groups -OCH3 is 1. The summed E-state index contributed by atoms with van der Waals surface area (Å²) in [6.45, 7) is 5.49. The van der Waals surface area contributed by atoms with Crippen molar-refractivity contribution in [3.05, 3.63) is 46.6 Å². The van der Waals surface area contributed by atoms with Crippen LogP contribution in [-0.2, 0) is 28.5 Å². The minimum Gasteiger partial charge on any atom is -0.481 e. The first-order valence-electron chi connectivity index (χ1n) is 17.2. The molecule has 1 saturated heterocycles. The number of aliphatic carboxylic acids is 1. The monoisotopic (exact) mass is 671 g/mol. The van der Waals surface area contributed by atoms with E-state index in [2.05, 4.69) is 24.6 Å². The van der Waals surface area contributed by atoms with Gasteiger partial charge in [0, 0.05) is 41.3 Å². The first-order chi connectivity index (χ1) is 23.0. The zero-order valence-electron chi connectivity index (χ0n) is 27.7. The van der Waals surface area contributed by atoms with E-state index < -0.39 is 66.2 Å². The number of rotatable bonds is 12. The number of ether oxygens (including phenoxy) is 4. The molecule has 9 atom stereocenters. The van der Waals surface area contributed by atoms with Crippen molar-refractivity contribution in [2.24, 2.45) is 17.8 Å². The number of nitrogens with one attached hydrogen (secondary N) is 1. The van der Waals surface area contributed by atoms with Crippen molar-refractivity contribution in [3.63, 3.8) is 0 Å². The predicted octanol–water partition coefficient (Wildman–Crippen LogP) is 1.49. The zero-order valence-corrected chi connectivity index (χ0v) is 27.7. The lowest BCUT2D eigenvalue weighted by Gasteiger charge is -2.60. The number of aliphatic hydroxyl groups is 4. The summed E-state index contributed by atoms with van der Waals surface area (Å²) < 4.78 is 24.4. The second-order valence-electron chi connectivity index (χ2n) is 14.1. The molecule has 0 aromatic carbocycles. The Labute approximate surface area is 279 Å². The van der Waals surface area contributed by atoms with Gasteiger partial charge in [-0.25, -0.2) is 4.79 Å². The van der Waals surface area contributed by atoms with Gasteiger partial charge in [0.25, 0.3) is 0 Å². The first-order valence-corrected chi connectivity index (χ1v) is 17.2. The number of fused-ring (bicyclic) bond motifs is 2. The molecular weight excluding hydrogens is 622 g/mol. The smallest absolute Gasteiger partial charge is 0.333 e. The summed E-state index contributed by atoms with van der Waals surface area (Å²) in [5.41, 5.74) is -1.58. The predicted molar refractivity (Wildman–Crippen MR) is 172 cm³/mol. The fourth-order valence-corrected chi connectivity index (χ4v) is 9.02. The van der Waals surface area contributed by atoms with Crippen LogP contribution in [0.2, 0.25) is 0 Å². The second kappa shape index (κ2) is 13.7. The Morgan fingerprint density at radius 2 is 2.00 bits per heavy atom. The SMILES string of the molecule is C=CC1C(OC2OC(CO)C34OC(CCCO)=c5[nH]c(C(C)C6CCCC6)cc5=C3CCC2(O)C4O)CC=C(C(=O)OC)C1CC(=O)O. The number of aromatic amines is 1. The van der Waals surface area contributed by atoms with Gasteiger partial charge in [-0.2, -0.15) is 0 Å². The van der Waals surface area contributed by atoms with Crippen LogP contribution >= 0.6 is 0 Å². The Hall–Kier alpha value is -3.00. The number of carbonyl (C=O) groups excluding carboxylic acids is 1. The molecule has 2 aliphatic heterocycles. The summed E-state index contributed by atoms with van der Waals surface area (Å²) >= 11 is 0. The number of esters is 1. The molecule has 2 saturated carbocycles. The van der Waals surface area contributed by atoms with Gasteiger partial charge < -0.3 is 49.5 Å². The maximum absolute atomic E-state index is 12.5. The number of carboxylic acid groups (broad SMARTS) is 1. The van der Waals surface area contributed by atoms with Crippen LogP contribution in [0.3, 0.4) is 0 Å². The summed E-state index contributed by atoms with van der Waals surface area (Å²) in [6, 6.07) is 2.12. The van der Waals surface area contributed by atoms with E-state index in [9.17, 15) is 35.1 Å². The highest BCUT2D eigenvalue weighted by Gasteiger charge is 2.70. The Morgan fingerprint density at radius 1 is 1.25 bits per heavy atom. The molecule has 12 nitrogen and oxygen atoms in total. The largest absolute Gasteiger partial charge is 0.481 e. The van der Waals surface area contributed by atoms with Crippen molar-refractivity contribution in [2.75, 3.05) is 20.3 Å². The Morgan fingerprint density at radius 3 is 2.65 bits per heavy atom. The van der Waals surface area contributed by atoms with Gasteiger partial charge in [-0.1, -0.05) is 31.9 Å². The molecule has 2 bridgehead atoms. The van der Waals surface area contributed by atoms with Gasteiger partial charge in [0.1, 0.15) is 23.6 Å². The van der Waals surface area contributed by atoms with Crippen molar-refractivity contribution >= 4 is 23.3 Å². The number of hydrogen-bond donors (Lipinski definition) is 6. The number of carboxylic acids is 1. The first kappa shape index (κ1) is 34.8. The van der Waals surface area contributed by atoms with Gasteiger partial charge in [0.15, 0.2) is 11.9 Å². The number of aromatic nitrogens is 1. The quantitative estimate of drug-likeness (QED) is 0.140. The molecule has 5 aliphatic rings. The van der Waals surface area contributed by atoms with E-state index in [-0.39, 0.29) is 37.4 Å². The number of aliphatic hydroxyl groups excluding tert-OH is 3. The third-order valence-electron chi connectivity index (χ3n) is 11.6. The zero-order chi connectivity index (χ0) is 34.4. The van der Waals surface area contributed by atoms with Crippen molar-refractivity contribution in [1.29, 1.82) is 0 Å². The van der Waals surface area contributed by atoms with Gasteiger partial charge in [-0.05, 0) is 62.0 Å². The van der Waals surface area contributed by atoms with Crippen molar-refractivity contribution in [1.82, 2.24) is 4.98 Å². The van der Waals surface area contributed by atoms with E-state index in [0.29, 0.717) is 30.9 Å². The molecule has 6 rings (SSSR count). The van der Waals surface area contributed by atoms with Crippen LogP contribution in [0.15, 0.2) is 30.4 Å². The van der Waals surface area contributed by atoms with Crippen molar-refractivity contribution < 1.29 is 54.1 Å². The average Bonchev–Trinajstić information content (AvgIpc) is 3.77. The summed E-state index contributed by atoms with van der Waals surface area (Å²) in [5.74, 6) is -1.87. The lowest BCUT2D eigenvalue weighted by molar-refractivity contribution is -0.372. The minimum atomic E-state index is -1.97. The minimum absolute atomic E-state index is 0.0643.